The van der Waals surface area contributed by atoms with Crippen molar-refractivity contribution in [1.82, 2.24) is 0 Å². The average molecular weight is 212 g/mol. The third-order valence-corrected chi connectivity index (χ3v) is 2.27. The Labute approximate surface area is 88.4 Å². The molecule has 2 atom stereocenters. The van der Waals surface area contributed by atoms with Gasteiger partial charge >= 0.3 is 0 Å². The van der Waals surface area contributed by atoms with E-state index in [9.17, 15) is 10.2 Å². The van der Waals surface area contributed by atoms with Crippen molar-refractivity contribution < 1.29 is 20.4 Å². The molecule has 0 aromatic heterocycles. The summed E-state index contributed by atoms with van der Waals surface area (Å²) in [6, 6.07) is 6.90. The normalized spacial score (nSPS) is 14.9. The summed E-state index contributed by atoms with van der Waals surface area (Å²) in [4.78, 5) is 0. The van der Waals surface area contributed by atoms with Crippen molar-refractivity contribution in [2.24, 2.45) is 0 Å². The number of benzene rings is 1. The molecule has 0 bridgehead atoms. The molecular formula is C11H16O4. The van der Waals surface area contributed by atoms with Gasteiger partial charge in [-0.15, -0.1) is 0 Å². The van der Waals surface area contributed by atoms with Crippen LogP contribution in [-0.4, -0.2) is 39.7 Å². The van der Waals surface area contributed by atoms with Gasteiger partial charge in [0.1, 0.15) is 12.2 Å². The van der Waals surface area contributed by atoms with Crippen LogP contribution in [0.4, 0.5) is 0 Å². The lowest BCUT2D eigenvalue weighted by atomic mass is 10.0. The molecule has 0 amide bonds. The van der Waals surface area contributed by atoms with Crippen molar-refractivity contribution >= 4 is 0 Å². The molecule has 84 valence electrons. The van der Waals surface area contributed by atoms with Crippen LogP contribution in [0, 0.1) is 0 Å². The SMILES string of the molecule is OCCc1ccc(C(O)C(O)CO)cc1. The van der Waals surface area contributed by atoms with Crippen LogP contribution < -0.4 is 0 Å². The predicted octanol–water partition coefficient (Wildman–Crippen LogP) is -0.392. The minimum absolute atomic E-state index is 0.0845. The number of hydrogen-bond acceptors (Lipinski definition) is 4. The first kappa shape index (κ1) is 12.1. The monoisotopic (exact) mass is 212 g/mol. The minimum Gasteiger partial charge on any atom is -0.396 e. The summed E-state index contributed by atoms with van der Waals surface area (Å²) < 4.78 is 0. The van der Waals surface area contributed by atoms with Crippen molar-refractivity contribution in [2.45, 2.75) is 18.6 Å². The Morgan fingerprint density at radius 3 is 2.07 bits per heavy atom. The van der Waals surface area contributed by atoms with Gasteiger partial charge in [-0.1, -0.05) is 24.3 Å². The van der Waals surface area contributed by atoms with E-state index in [0.717, 1.165) is 5.56 Å². The third-order valence-electron chi connectivity index (χ3n) is 2.27. The molecule has 0 aliphatic carbocycles. The van der Waals surface area contributed by atoms with Gasteiger partial charge in [-0.05, 0) is 17.5 Å². The molecule has 0 saturated heterocycles. The lowest BCUT2D eigenvalue weighted by Gasteiger charge is -2.16. The molecule has 4 N–H and O–H groups in total. The maximum absolute atomic E-state index is 9.55. The molecule has 0 fully saturated rings. The molecule has 4 nitrogen and oxygen atoms in total. The van der Waals surface area contributed by atoms with Gasteiger partial charge in [0.05, 0.1) is 6.61 Å². The number of rotatable bonds is 5. The van der Waals surface area contributed by atoms with Gasteiger partial charge in [0.15, 0.2) is 0 Å². The highest BCUT2D eigenvalue weighted by atomic mass is 16.4. The first-order valence-corrected chi connectivity index (χ1v) is 4.85. The zero-order chi connectivity index (χ0) is 11.3. The van der Waals surface area contributed by atoms with Crippen LogP contribution >= 0.6 is 0 Å². The minimum atomic E-state index is -1.16. The van der Waals surface area contributed by atoms with E-state index in [4.69, 9.17) is 10.2 Å². The van der Waals surface area contributed by atoms with Gasteiger partial charge in [-0.3, -0.25) is 0 Å². The summed E-state index contributed by atoms with van der Waals surface area (Å²) in [6.45, 7) is -0.388. The van der Waals surface area contributed by atoms with Gasteiger partial charge in [0, 0.05) is 6.61 Å². The summed E-state index contributed by atoms with van der Waals surface area (Å²) in [7, 11) is 0. The van der Waals surface area contributed by atoms with E-state index in [1.54, 1.807) is 24.3 Å². The molecule has 0 radical (unpaired) electrons. The lowest BCUT2D eigenvalue weighted by Crippen LogP contribution is -2.21. The Hall–Kier alpha value is -0.940. The van der Waals surface area contributed by atoms with E-state index in [1.165, 1.54) is 0 Å². The van der Waals surface area contributed by atoms with E-state index in [2.05, 4.69) is 0 Å². The number of aliphatic hydroxyl groups excluding tert-OH is 4. The van der Waals surface area contributed by atoms with Gasteiger partial charge in [-0.25, -0.2) is 0 Å². The first-order chi connectivity index (χ1) is 7.19. The summed E-state index contributed by atoms with van der Waals surface area (Å²) in [5.41, 5.74) is 1.52. The molecule has 1 aromatic rings. The number of hydrogen-bond donors (Lipinski definition) is 4. The Bertz CT molecular complexity index is 283. The molecule has 0 spiro atoms. The van der Waals surface area contributed by atoms with Crippen LogP contribution in [0.15, 0.2) is 24.3 Å². The average Bonchev–Trinajstić information content (AvgIpc) is 2.28. The molecule has 1 aromatic carbocycles. The van der Waals surface area contributed by atoms with Gasteiger partial charge < -0.3 is 20.4 Å². The Morgan fingerprint density at radius 1 is 1.00 bits per heavy atom. The molecule has 0 aliphatic rings. The molecule has 4 heteroatoms. The fourth-order valence-electron chi connectivity index (χ4n) is 1.33. The number of aliphatic hydroxyl groups is 4. The summed E-state index contributed by atoms with van der Waals surface area (Å²) >= 11 is 0. The zero-order valence-corrected chi connectivity index (χ0v) is 8.37. The van der Waals surface area contributed by atoms with Crippen molar-refractivity contribution in [3.63, 3.8) is 0 Å². The standard InChI is InChI=1S/C11H16O4/c12-6-5-8-1-3-9(4-2-8)11(15)10(14)7-13/h1-4,10-15H,5-7H2. The molecule has 0 heterocycles. The maximum Gasteiger partial charge on any atom is 0.107 e. The second kappa shape index (κ2) is 5.82. The Morgan fingerprint density at radius 2 is 1.60 bits per heavy atom. The van der Waals surface area contributed by atoms with Crippen LogP contribution in [0.25, 0.3) is 0 Å². The van der Waals surface area contributed by atoms with Gasteiger partial charge in [-0.2, -0.15) is 0 Å². The van der Waals surface area contributed by atoms with E-state index in [1.807, 2.05) is 0 Å². The zero-order valence-electron chi connectivity index (χ0n) is 8.37. The molecule has 2 unspecified atom stereocenters. The molecular weight excluding hydrogens is 196 g/mol. The molecule has 0 saturated carbocycles. The van der Waals surface area contributed by atoms with E-state index in [0.29, 0.717) is 12.0 Å². The van der Waals surface area contributed by atoms with Crippen LogP contribution in [0.5, 0.6) is 0 Å². The Kier molecular flexibility index (Phi) is 4.71. The summed E-state index contributed by atoms with van der Waals surface area (Å²) in [5.74, 6) is 0. The second-order valence-electron chi connectivity index (χ2n) is 3.41. The van der Waals surface area contributed by atoms with Crippen LogP contribution in [0.3, 0.4) is 0 Å². The Balaban J connectivity index is 2.70. The molecule has 0 aliphatic heterocycles. The van der Waals surface area contributed by atoms with Crippen molar-refractivity contribution in [1.29, 1.82) is 0 Å². The second-order valence-corrected chi connectivity index (χ2v) is 3.41. The van der Waals surface area contributed by atoms with Gasteiger partial charge in [0.2, 0.25) is 0 Å². The highest BCUT2D eigenvalue weighted by molar-refractivity contribution is 5.24. The van der Waals surface area contributed by atoms with E-state index >= 15 is 0 Å². The van der Waals surface area contributed by atoms with Crippen LogP contribution in [-0.2, 0) is 6.42 Å². The fraction of sp³-hybridized carbons (Fsp3) is 0.455. The molecule has 15 heavy (non-hydrogen) atoms. The first-order valence-electron chi connectivity index (χ1n) is 4.85. The quantitative estimate of drug-likeness (QED) is 0.536. The van der Waals surface area contributed by atoms with Crippen LogP contribution in [0.2, 0.25) is 0 Å². The van der Waals surface area contributed by atoms with Crippen molar-refractivity contribution in [2.75, 3.05) is 13.2 Å². The fourth-order valence-corrected chi connectivity index (χ4v) is 1.33. The van der Waals surface area contributed by atoms with Crippen LogP contribution in [0.1, 0.15) is 17.2 Å². The van der Waals surface area contributed by atoms with Crippen molar-refractivity contribution in [3.05, 3.63) is 35.4 Å². The maximum atomic E-state index is 9.55. The highest BCUT2D eigenvalue weighted by Crippen LogP contribution is 2.17. The highest BCUT2D eigenvalue weighted by Gasteiger charge is 2.16. The predicted molar refractivity (Wildman–Crippen MR) is 55.3 cm³/mol. The van der Waals surface area contributed by atoms with Gasteiger partial charge in [0.25, 0.3) is 0 Å². The summed E-state index contributed by atoms with van der Waals surface area (Å²) in [5, 5.41) is 36.1. The van der Waals surface area contributed by atoms with E-state index < -0.39 is 18.8 Å². The van der Waals surface area contributed by atoms with Crippen molar-refractivity contribution in [3.8, 4) is 0 Å². The third kappa shape index (κ3) is 3.28. The lowest BCUT2D eigenvalue weighted by molar-refractivity contribution is -0.0152. The largest absolute Gasteiger partial charge is 0.396 e. The smallest absolute Gasteiger partial charge is 0.107 e. The van der Waals surface area contributed by atoms with E-state index in [-0.39, 0.29) is 6.61 Å². The summed E-state index contributed by atoms with van der Waals surface area (Å²) in [6.07, 6.45) is -1.66. The molecule has 1 rings (SSSR count). The topological polar surface area (TPSA) is 80.9 Å².